The second-order valence-corrected chi connectivity index (χ2v) is 9.73. The first-order valence-electron chi connectivity index (χ1n) is 12.0. The van der Waals surface area contributed by atoms with Crippen LogP contribution in [0.15, 0.2) is 52.2 Å². The Hall–Kier alpha value is -3.09. The van der Waals surface area contributed by atoms with Crippen molar-refractivity contribution in [2.24, 2.45) is 23.2 Å². The van der Waals surface area contributed by atoms with Gasteiger partial charge in [0.2, 0.25) is 5.43 Å². The van der Waals surface area contributed by atoms with E-state index in [1.54, 1.807) is 16.9 Å². The van der Waals surface area contributed by atoms with Crippen LogP contribution in [-0.4, -0.2) is 29.5 Å². The first kappa shape index (κ1) is 21.7. The molecule has 3 atom stereocenters. The van der Waals surface area contributed by atoms with Crippen LogP contribution in [0.2, 0.25) is 0 Å². The molecule has 1 spiro atoms. The normalized spacial score (nSPS) is 23.7. The largest absolute Gasteiger partial charge is 0.467 e. The molecule has 2 N–H and O–H groups in total. The highest BCUT2D eigenvalue weighted by Crippen LogP contribution is 2.69. The molecule has 0 aliphatic heterocycles. The van der Waals surface area contributed by atoms with Crippen molar-refractivity contribution in [3.05, 3.63) is 70.1 Å². The Balaban J connectivity index is 1.35. The third kappa shape index (κ3) is 4.05. The standard InChI is InChI=1S/C26H31N3O4/c1-2-3-10-27-24(31)20-15-29(14-19-5-4-11-33-19)16-21(23(20)30)25(32)28-13-17-12-18-6-7-22(17)26(18)8-9-26/h4-7,11,15-18,22H,2-3,8-10,12-14H2,1H3,(H,27,31)(H,28,32). The highest BCUT2D eigenvalue weighted by molar-refractivity contribution is 5.99. The summed E-state index contributed by atoms with van der Waals surface area (Å²) in [6, 6.07) is 3.59. The molecule has 3 aliphatic rings. The number of carbonyl (C=O) groups excluding carboxylic acids is 2. The number of carbonyl (C=O) groups is 2. The fraction of sp³-hybridized carbons (Fsp3) is 0.500. The summed E-state index contributed by atoms with van der Waals surface area (Å²) >= 11 is 0. The van der Waals surface area contributed by atoms with Crippen LogP contribution in [0.1, 0.15) is 65.5 Å². The Morgan fingerprint density at radius 2 is 1.91 bits per heavy atom. The van der Waals surface area contributed by atoms with Gasteiger partial charge in [-0.3, -0.25) is 14.4 Å². The molecule has 2 fully saturated rings. The molecular formula is C26H31N3O4. The smallest absolute Gasteiger partial charge is 0.256 e. The van der Waals surface area contributed by atoms with E-state index in [1.165, 1.54) is 25.2 Å². The molecule has 2 aromatic rings. The van der Waals surface area contributed by atoms with Crippen molar-refractivity contribution in [1.29, 1.82) is 0 Å². The number of hydrogen-bond donors (Lipinski definition) is 2. The van der Waals surface area contributed by atoms with E-state index >= 15 is 0 Å². The van der Waals surface area contributed by atoms with Gasteiger partial charge in [-0.25, -0.2) is 0 Å². The lowest BCUT2D eigenvalue weighted by atomic mass is 9.89. The summed E-state index contributed by atoms with van der Waals surface area (Å²) in [5.41, 5.74) is -0.111. The van der Waals surface area contributed by atoms with Crippen molar-refractivity contribution >= 4 is 11.8 Å². The Labute approximate surface area is 193 Å². The van der Waals surface area contributed by atoms with Crippen LogP contribution in [-0.2, 0) is 6.54 Å². The van der Waals surface area contributed by atoms with Gasteiger partial charge in [0.15, 0.2) is 0 Å². The summed E-state index contributed by atoms with van der Waals surface area (Å²) < 4.78 is 7.08. The summed E-state index contributed by atoms with van der Waals surface area (Å²) in [6.07, 6.45) is 14.7. The molecule has 7 heteroatoms. The maximum atomic E-state index is 13.1. The van der Waals surface area contributed by atoms with Crippen LogP contribution in [0.4, 0.5) is 0 Å². The molecule has 174 valence electrons. The predicted octanol–water partition coefficient (Wildman–Crippen LogP) is 3.35. The van der Waals surface area contributed by atoms with E-state index in [-0.39, 0.29) is 11.1 Å². The zero-order chi connectivity index (χ0) is 23.0. The maximum absolute atomic E-state index is 13.1. The number of aromatic nitrogens is 1. The van der Waals surface area contributed by atoms with Crippen molar-refractivity contribution in [1.82, 2.24) is 15.2 Å². The van der Waals surface area contributed by atoms with Gasteiger partial charge in [0, 0.05) is 25.5 Å². The third-order valence-corrected chi connectivity index (χ3v) is 7.67. The van der Waals surface area contributed by atoms with Crippen molar-refractivity contribution in [3.8, 4) is 0 Å². The van der Waals surface area contributed by atoms with Gasteiger partial charge in [0.25, 0.3) is 11.8 Å². The minimum atomic E-state index is -0.538. The summed E-state index contributed by atoms with van der Waals surface area (Å²) in [6.45, 7) is 3.40. The average Bonchev–Trinajstić information content (AvgIpc) is 3.18. The highest BCUT2D eigenvalue weighted by Gasteiger charge is 2.62. The first-order chi connectivity index (χ1) is 16.0. The van der Waals surface area contributed by atoms with Crippen LogP contribution in [0.3, 0.4) is 0 Å². The van der Waals surface area contributed by atoms with Gasteiger partial charge in [-0.15, -0.1) is 0 Å². The van der Waals surface area contributed by atoms with Gasteiger partial charge in [-0.2, -0.15) is 0 Å². The van der Waals surface area contributed by atoms with Crippen molar-refractivity contribution < 1.29 is 14.0 Å². The van der Waals surface area contributed by atoms with E-state index < -0.39 is 17.2 Å². The van der Waals surface area contributed by atoms with E-state index in [9.17, 15) is 14.4 Å². The monoisotopic (exact) mass is 449 g/mol. The number of allylic oxidation sites excluding steroid dienone is 2. The SMILES string of the molecule is CCCCNC(=O)c1cn(Cc2ccco2)cc(C(=O)NCC2CC3C=CC2C32CC2)c1=O. The zero-order valence-electron chi connectivity index (χ0n) is 19.0. The number of hydrogen-bond acceptors (Lipinski definition) is 4. The van der Waals surface area contributed by atoms with Gasteiger partial charge in [-0.1, -0.05) is 25.5 Å². The number of furan rings is 1. The molecule has 2 amide bonds. The minimum Gasteiger partial charge on any atom is -0.467 e. The van der Waals surface area contributed by atoms with Crippen LogP contribution in [0.5, 0.6) is 0 Å². The zero-order valence-corrected chi connectivity index (χ0v) is 19.0. The fourth-order valence-corrected chi connectivity index (χ4v) is 5.78. The Morgan fingerprint density at radius 1 is 1.15 bits per heavy atom. The van der Waals surface area contributed by atoms with Crippen LogP contribution in [0.25, 0.3) is 0 Å². The molecule has 7 nitrogen and oxygen atoms in total. The molecule has 3 unspecified atom stereocenters. The van der Waals surface area contributed by atoms with Crippen molar-refractivity contribution in [2.75, 3.05) is 13.1 Å². The van der Waals surface area contributed by atoms with Crippen LogP contribution < -0.4 is 16.1 Å². The van der Waals surface area contributed by atoms with Gasteiger partial charge in [0.05, 0.1) is 12.8 Å². The van der Waals surface area contributed by atoms with E-state index in [4.69, 9.17) is 4.42 Å². The molecule has 5 rings (SSSR count). The van der Waals surface area contributed by atoms with Crippen molar-refractivity contribution in [2.45, 2.75) is 45.6 Å². The fourth-order valence-electron chi connectivity index (χ4n) is 5.78. The van der Waals surface area contributed by atoms with Crippen molar-refractivity contribution in [3.63, 3.8) is 0 Å². The number of rotatable bonds is 9. The Kier molecular flexibility index (Phi) is 5.72. The third-order valence-electron chi connectivity index (χ3n) is 7.67. The summed E-state index contributed by atoms with van der Waals surface area (Å²) in [4.78, 5) is 38.9. The molecule has 2 heterocycles. The minimum absolute atomic E-state index is 0.00969. The van der Waals surface area contributed by atoms with Gasteiger partial charge >= 0.3 is 0 Å². The van der Waals surface area contributed by atoms with E-state index in [2.05, 4.69) is 22.8 Å². The first-order valence-corrected chi connectivity index (χ1v) is 12.0. The number of nitrogens with zero attached hydrogens (tertiary/aromatic N) is 1. The average molecular weight is 450 g/mol. The molecule has 0 saturated heterocycles. The highest BCUT2D eigenvalue weighted by atomic mass is 16.3. The Bertz CT molecular complexity index is 1130. The van der Waals surface area contributed by atoms with Gasteiger partial charge < -0.3 is 19.6 Å². The van der Waals surface area contributed by atoms with Crippen LogP contribution in [0, 0.1) is 23.2 Å². The molecular weight excluding hydrogens is 418 g/mol. The second-order valence-electron chi connectivity index (χ2n) is 9.73. The summed E-state index contributed by atoms with van der Waals surface area (Å²) in [5, 5.41) is 5.78. The lowest BCUT2D eigenvalue weighted by molar-refractivity contribution is 0.0942. The van der Waals surface area contributed by atoms with E-state index in [0.717, 1.165) is 19.3 Å². The molecule has 2 bridgehead atoms. The predicted molar refractivity (Wildman–Crippen MR) is 124 cm³/mol. The van der Waals surface area contributed by atoms with E-state index in [1.807, 2.05) is 13.0 Å². The molecule has 0 radical (unpaired) electrons. The molecule has 2 saturated carbocycles. The molecule has 33 heavy (non-hydrogen) atoms. The lowest BCUT2D eigenvalue weighted by Gasteiger charge is -2.20. The molecule has 2 aromatic heterocycles. The summed E-state index contributed by atoms with van der Waals surface area (Å²) in [7, 11) is 0. The van der Waals surface area contributed by atoms with Gasteiger partial charge in [-0.05, 0) is 61.0 Å². The second kappa shape index (κ2) is 8.69. The van der Waals surface area contributed by atoms with Crippen LogP contribution >= 0.6 is 0 Å². The lowest BCUT2D eigenvalue weighted by Crippen LogP contribution is -2.37. The van der Waals surface area contributed by atoms with E-state index in [0.29, 0.717) is 48.6 Å². The Morgan fingerprint density at radius 3 is 2.55 bits per heavy atom. The number of amides is 2. The summed E-state index contributed by atoms with van der Waals surface area (Å²) in [5.74, 6) is 1.39. The molecule has 0 aromatic carbocycles. The maximum Gasteiger partial charge on any atom is 0.256 e. The quantitative estimate of drug-likeness (QED) is 0.454. The number of unbranched alkanes of at least 4 members (excludes halogenated alkanes) is 1. The topological polar surface area (TPSA) is 93.3 Å². The number of pyridine rings is 1. The number of nitrogens with one attached hydrogen (secondary N) is 2. The van der Waals surface area contributed by atoms with Gasteiger partial charge in [0.1, 0.15) is 16.9 Å². The molecule has 3 aliphatic carbocycles.